The van der Waals surface area contributed by atoms with Crippen LogP contribution in [0.2, 0.25) is 0 Å². The van der Waals surface area contributed by atoms with Crippen molar-refractivity contribution in [3.8, 4) is 5.75 Å². The topological polar surface area (TPSA) is 21.3 Å². The van der Waals surface area contributed by atoms with E-state index in [4.69, 9.17) is 4.74 Å². The Morgan fingerprint density at radius 3 is 2.67 bits per heavy atom. The van der Waals surface area contributed by atoms with Crippen LogP contribution in [0.5, 0.6) is 5.75 Å². The van der Waals surface area contributed by atoms with Crippen molar-refractivity contribution in [2.45, 2.75) is 38.8 Å². The van der Waals surface area contributed by atoms with Crippen LogP contribution in [0.25, 0.3) is 0 Å². The summed E-state index contributed by atoms with van der Waals surface area (Å²) in [5.41, 5.74) is 4.05. The number of para-hydroxylation sites is 1. The lowest BCUT2D eigenvalue weighted by Crippen LogP contribution is -2.39. The maximum absolute atomic E-state index is 6.35. The normalized spacial score (nSPS) is 20.9. The van der Waals surface area contributed by atoms with Crippen molar-refractivity contribution in [2.24, 2.45) is 0 Å². The van der Waals surface area contributed by atoms with E-state index in [1.807, 2.05) is 6.07 Å². The maximum atomic E-state index is 6.35. The van der Waals surface area contributed by atoms with E-state index in [0.717, 1.165) is 25.1 Å². The van der Waals surface area contributed by atoms with Crippen LogP contribution >= 0.6 is 0 Å². The fraction of sp³-hybridized carbons (Fsp3) is 0.368. The molecule has 2 heteroatoms. The number of hydrogen-bond acceptors (Lipinski definition) is 2. The average Bonchev–Trinajstić information content (AvgIpc) is 2.52. The van der Waals surface area contributed by atoms with Crippen LogP contribution in [-0.4, -0.2) is 12.6 Å². The van der Waals surface area contributed by atoms with Crippen LogP contribution in [-0.2, 0) is 6.42 Å². The number of hydrogen-bond donors (Lipinski definition) is 1. The lowest BCUT2D eigenvalue weighted by molar-refractivity contribution is 0.135. The van der Waals surface area contributed by atoms with Crippen LogP contribution in [0.1, 0.15) is 36.1 Å². The highest BCUT2D eigenvalue weighted by Crippen LogP contribution is 2.33. The molecule has 2 atom stereocenters. The third-order valence-corrected chi connectivity index (χ3v) is 4.26. The largest absolute Gasteiger partial charge is 0.488 e. The van der Waals surface area contributed by atoms with Crippen molar-refractivity contribution in [1.82, 2.24) is 5.32 Å². The average molecular weight is 281 g/mol. The molecule has 0 heterocycles. The molecule has 0 radical (unpaired) electrons. The number of likely N-dealkylation sites (N-methyl/N-ethyl adjacent to an activating group) is 1. The summed E-state index contributed by atoms with van der Waals surface area (Å²) in [6.45, 7) is 5.21. The fourth-order valence-electron chi connectivity index (χ4n) is 3.17. The second-order valence-electron chi connectivity index (χ2n) is 5.69. The van der Waals surface area contributed by atoms with Gasteiger partial charge in [-0.1, -0.05) is 49.4 Å². The lowest BCUT2D eigenvalue weighted by Gasteiger charge is -2.34. The predicted molar refractivity (Wildman–Crippen MR) is 86.8 cm³/mol. The molecule has 0 fully saturated rings. The van der Waals surface area contributed by atoms with Crippen molar-refractivity contribution >= 4 is 0 Å². The Hall–Kier alpha value is -1.80. The van der Waals surface area contributed by atoms with Gasteiger partial charge in [0.25, 0.3) is 0 Å². The van der Waals surface area contributed by atoms with E-state index < -0.39 is 0 Å². The molecule has 0 aromatic heterocycles. The molecule has 110 valence electrons. The zero-order chi connectivity index (χ0) is 14.7. The summed E-state index contributed by atoms with van der Waals surface area (Å²) in [5, 5.41) is 3.61. The number of aryl methyl sites for hydroxylation is 2. The minimum Gasteiger partial charge on any atom is -0.488 e. The van der Waals surface area contributed by atoms with Gasteiger partial charge in [-0.25, -0.2) is 0 Å². The van der Waals surface area contributed by atoms with Crippen LogP contribution < -0.4 is 10.1 Å². The van der Waals surface area contributed by atoms with Crippen molar-refractivity contribution in [3.63, 3.8) is 0 Å². The Morgan fingerprint density at radius 2 is 1.86 bits per heavy atom. The summed E-state index contributed by atoms with van der Waals surface area (Å²) in [5.74, 6) is 1.00. The molecule has 1 aliphatic carbocycles. The van der Waals surface area contributed by atoms with Gasteiger partial charge in [-0.2, -0.15) is 0 Å². The molecular weight excluding hydrogens is 258 g/mol. The van der Waals surface area contributed by atoms with E-state index in [9.17, 15) is 0 Å². The molecule has 2 aromatic carbocycles. The van der Waals surface area contributed by atoms with E-state index >= 15 is 0 Å². The highest BCUT2D eigenvalue weighted by molar-refractivity contribution is 5.36. The Labute approximate surface area is 127 Å². The first-order valence-corrected chi connectivity index (χ1v) is 7.83. The second-order valence-corrected chi connectivity index (χ2v) is 5.69. The molecule has 2 unspecified atom stereocenters. The molecule has 0 spiro atoms. The first kappa shape index (κ1) is 14.2. The molecule has 0 saturated heterocycles. The molecular formula is C19H23NO. The first-order chi connectivity index (χ1) is 10.3. The van der Waals surface area contributed by atoms with Crippen LogP contribution in [0.4, 0.5) is 0 Å². The molecule has 0 amide bonds. The fourth-order valence-corrected chi connectivity index (χ4v) is 3.17. The monoisotopic (exact) mass is 281 g/mol. The van der Waals surface area contributed by atoms with Crippen LogP contribution in [0.15, 0.2) is 48.5 Å². The van der Waals surface area contributed by atoms with Gasteiger partial charge in [-0.3, -0.25) is 0 Å². The van der Waals surface area contributed by atoms with Gasteiger partial charge < -0.3 is 10.1 Å². The van der Waals surface area contributed by atoms with Gasteiger partial charge in [-0.15, -0.1) is 0 Å². The van der Waals surface area contributed by atoms with E-state index in [1.54, 1.807) is 0 Å². The van der Waals surface area contributed by atoms with Gasteiger partial charge in [0.2, 0.25) is 0 Å². The van der Waals surface area contributed by atoms with Crippen molar-refractivity contribution in [3.05, 3.63) is 65.2 Å². The zero-order valence-corrected chi connectivity index (χ0v) is 12.8. The van der Waals surface area contributed by atoms with E-state index in [2.05, 4.69) is 61.6 Å². The molecule has 21 heavy (non-hydrogen) atoms. The highest BCUT2D eigenvalue weighted by Gasteiger charge is 2.30. The molecule has 0 aliphatic heterocycles. The minimum atomic E-state index is 0.195. The summed E-state index contributed by atoms with van der Waals surface area (Å²) in [6.07, 6.45) is 2.35. The lowest BCUT2D eigenvalue weighted by atomic mass is 9.85. The van der Waals surface area contributed by atoms with Crippen molar-refractivity contribution in [2.75, 3.05) is 6.54 Å². The first-order valence-electron chi connectivity index (χ1n) is 7.83. The highest BCUT2D eigenvalue weighted by atomic mass is 16.5. The molecule has 2 nitrogen and oxygen atoms in total. The summed E-state index contributed by atoms with van der Waals surface area (Å²) < 4.78 is 6.35. The summed E-state index contributed by atoms with van der Waals surface area (Å²) in [6, 6.07) is 17.3. The third kappa shape index (κ3) is 2.96. The SMILES string of the molecule is CCNC1c2ccccc2CCC1Oc1ccccc1C. The van der Waals surface area contributed by atoms with Crippen molar-refractivity contribution < 1.29 is 4.74 Å². The van der Waals surface area contributed by atoms with E-state index in [-0.39, 0.29) is 12.1 Å². The number of fused-ring (bicyclic) bond motifs is 1. The van der Waals surface area contributed by atoms with Gasteiger partial charge in [0, 0.05) is 0 Å². The molecule has 2 aromatic rings. The predicted octanol–water partition coefficient (Wildman–Crippen LogP) is 4.04. The standard InChI is InChI=1S/C19H23NO/c1-3-20-19-16-10-6-5-9-15(16)12-13-18(19)21-17-11-7-4-8-14(17)2/h4-11,18-20H,3,12-13H2,1-2H3. The van der Waals surface area contributed by atoms with Crippen LogP contribution in [0, 0.1) is 6.92 Å². The molecule has 1 N–H and O–H groups in total. The van der Waals surface area contributed by atoms with Gasteiger partial charge in [-0.05, 0) is 49.1 Å². The smallest absolute Gasteiger partial charge is 0.122 e. The van der Waals surface area contributed by atoms with E-state index in [0.29, 0.717) is 0 Å². The molecule has 1 aliphatic rings. The number of benzene rings is 2. The quantitative estimate of drug-likeness (QED) is 0.913. The summed E-state index contributed by atoms with van der Waals surface area (Å²) in [4.78, 5) is 0. The van der Waals surface area contributed by atoms with E-state index in [1.165, 1.54) is 16.7 Å². The van der Waals surface area contributed by atoms with Gasteiger partial charge in [0.1, 0.15) is 11.9 Å². The third-order valence-electron chi connectivity index (χ3n) is 4.26. The second kappa shape index (κ2) is 6.31. The number of nitrogens with one attached hydrogen (secondary N) is 1. The van der Waals surface area contributed by atoms with Gasteiger partial charge >= 0.3 is 0 Å². The number of rotatable bonds is 4. The maximum Gasteiger partial charge on any atom is 0.122 e. The Balaban J connectivity index is 1.87. The van der Waals surface area contributed by atoms with Gasteiger partial charge in [0.15, 0.2) is 0 Å². The Bertz CT molecular complexity index is 608. The molecule has 3 rings (SSSR count). The van der Waals surface area contributed by atoms with Crippen molar-refractivity contribution in [1.29, 1.82) is 0 Å². The Morgan fingerprint density at radius 1 is 1.10 bits per heavy atom. The van der Waals surface area contributed by atoms with Crippen LogP contribution in [0.3, 0.4) is 0 Å². The zero-order valence-electron chi connectivity index (χ0n) is 12.8. The summed E-state index contributed by atoms with van der Waals surface area (Å²) >= 11 is 0. The molecule has 0 saturated carbocycles. The summed E-state index contributed by atoms with van der Waals surface area (Å²) in [7, 11) is 0. The minimum absolute atomic E-state index is 0.195. The molecule has 0 bridgehead atoms. The van der Waals surface area contributed by atoms with Gasteiger partial charge in [0.05, 0.1) is 6.04 Å². The number of ether oxygens (including phenoxy) is 1. The Kier molecular flexibility index (Phi) is 4.26.